The van der Waals surface area contributed by atoms with Gasteiger partial charge in [0.15, 0.2) is 11.6 Å². The molecule has 0 radical (unpaired) electrons. The molecule has 0 aliphatic heterocycles. The fourth-order valence-corrected chi connectivity index (χ4v) is 2.88. The molecule has 0 aliphatic carbocycles. The topological polar surface area (TPSA) is 51.0 Å². The molecule has 2 heterocycles. The quantitative estimate of drug-likeness (QED) is 0.848. The number of furan rings is 1. The Hall–Kier alpha value is -1.36. The molecule has 1 N–H and O–H groups in total. The van der Waals surface area contributed by atoms with E-state index in [9.17, 15) is 0 Å². The first-order valence-corrected chi connectivity index (χ1v) is 8.01. The fraction of sp³-hybridized carbons (Fsp3) is 0.500. The molecular weight excluding hydrogens is 330 g/mol. The zero-order valence-electron chi connectivity index (χ0n) is 13.2. The molecule has 0 aromatic carbocycles. The number of hydrogen-bond donors (Lipinski definition) is 1. The molecule has 0 bridgehead atoms. The summed E-state index contributed by atoms with van der Waals surface area (Å²) in [5.74, 6) is 3.00. The van der Waals surface area contributed by atoms with Crippen LogP contribution in [0.15, 0.2) is 21.0 Å². The Morgan fingerprint density at radius 1 is 1.24 bits per heavy atom. The molecule has 0 saturated heterocycles. The molecule has 114 valence electrons. The maximum absolute atomic E-state index is 5.67. The lowest BCUT2D eigenvalue weighted by atomic mass is 9.92. The second-order valence-electron chi connectivity index (χ2n) is 6.15. The van der Waals surface area contributed by atoms with Crippen molar-refractivity contribution in [1.29, 1.82) is 0 Å². The van der Waals surface area contributed by atoms with Crippen molar-refractivity contribution in [2.75, 3.05) is 11.9 Å². The van der Waals surface area contributed by atoms with E-state index in [2.05, 4.69) is 53.9 Å². The van der Waals surface area contributed by atoms with Crippen molar-refractivity contribution in [2.45, 2.75) is 46.5 Å². The number of hydrogen-bond acceptors (Lipinski definition) is 4. The molecule has 0 fully saturated rings. The van der Waals surface area contributed by atoms with Crippen LogP contribution in [0.4, 0.5) is 5.82 Å². The minimum Gasteiger partial charge on any atom is -0.458 e. The highest BCUT2D eigenvalue weighted by molar-refractivity contribution is 9.10. The summed E-state index contributed by atoms with van der Waals surface area (Å²) in [5, 5.41) is 3.35. The van der Waals surface area contributed by atoms with E-state index in [-0.39, 0.29) is 5.41 Å². The second-order valence-corrected chi connectivity index (χ2v) is 6.94. The van der Waals surface area contributed by atoms with Gasteiger partial charge in [-0.2, -0.15) is 0 Å². The number of halogens is 1. The number of aryl methyl sites for hydroxylation is 1. The van der Waals surface area contributed by atoms with Crippen molar-refractivity contribution in [3.05, 3.63) is 28.1 Å². The van der Waals surface area contributed by atoms with Crippen LogP contribution in [-0.2, 0) is 5.41 Å². The van der Waals surface area contributed by atoms with Gasteiger partial charge in [-0.3, -0.25) is 0 Å². The minimum absolute atomic E-state index is 0.0825. The highest BCUT2D eigenvalue weighted by Gasteiger charge is 2.24. The molecule has 21 heavy (non-hydrogen) atoms. The fourth-order valence-electron chi connectivity index (χ4n) is 1.97. The summed E-state index contributed by atoms with van der Waals surface area (Å²) in [6.07, 6.45) is 1.04. The molecule has 0 spiro atoms. The van der Waals surface area contributed by atoms with Gasteiger partial charge >= 0.3 is 0 Å². The van der Waals surface area contributed by atoms with Crippen molar-refractivity contribution in [2.24, 2.45) is 0 Å². The Bertz CT molecular complexity index is 629. The Kier molecular flexibility index (Phi) is 4.71. The van der Waals surface area contributed by atoms with Crippen LogP contribution in [0.1, 0.15) is 45.6 Å². The smallest absolute Gasteiger partial charge is 0.197 e. The number of nitrogens with one attached hydrogen (secondary N) is 1. The van der Waals surface area contributed by atoms with Crippen LogP contribution < -0.4 is 5.32 Å². The van der Waals surface area contributed by atoms with E-state index in [1.165, 1.54) is 0 Å². The maximum atomic E-state index is 5.67. The van der Waals surface area contributed by atoms with Gasteiger partial charge in [-0.05, 0) is 41.4 Å². The van der Waals surface area contributed by atoms with Gasteiger partial charge in [0, 0.05) is 12.0 Å². The van der Waals surface area contributed by atoms with Gasteiger partial charge in [0.05, 0.1) is 10.2 Å². The zero-order chi connectivity index (χ0) is 15.6. The summed E-state index contributed by atoms with van der Waals surface area (Å²) in [5.41, 5.74) is 0.890. The average Bonchev–Trinajstić information content (AvgIpc) is 2.83. The highest BCUT2D eigenvalue weighted by atomic mass is 79.9. The SMILES string of the molecule is CCCNc1nc(-c2ccc(C)o2)nc(C(C)(C)C)c1Br. The third-order valence-electron chi connectivity index (χ3n) is 3.06. The van der Waals surface area contributed by atoms with Gasteiger partial charge in [-0.15, -0.1) is 0 Å². The van der Waals surface area contributed by atoms with Gasteiger partial charge < -0.3 is 9.73 Å². The number of nitrogens with zero attached hydrogens (tertiary/aromatic N) is 2. The molecule has 5 heteroatoms. The standard InChI is InChI=1S/C16H22BrN3O/c1-6-9-18-15-12(17)13(16(3,4)5)19-14(20-15)11-8-7-10(2)21-11/h7-8H,6,9H2,1-5H3,(H,18,19,20). The maximum Gasteiger partial charge on any atom is 0.197 e. The molecule has 0 atom stereocenters. The molecule has 0 unspecified atom stereocenters. The van der Waals surface area contributed by atoms with Crippen LogP contribution in [0.2, 0.25) is 0 Å². The highest BCUT2D eigenvalue weighted by Crippen LogP contribution is 2.34. The predicted molar refractivity (Wildman–Crippen MR) is 89.7 cm³/mol. The van der Waals surface area contributed by atoms with E-state index >= 15 is 0 Å². The largest absolute Gasteiger partial charge is 0.458 e. The summed E-state index contributed by atoms with van der Waals surface area (Å²) < 4.78 is 6.59. The average molecular weight is 352 g/mol. The molecule has 4 nitrogen and oxygen atoms in total. The normalized spacial score (nSPS) is 11.7. The van der Waals surface area contributed by atoms with Gasteiger partial charge in [0.1, 0.15) is 11.6 Å². The Morgan fingerprint density at radius 3 is 2.48 bits per heavy atom. The molecular formula is C16H22BrN3O. The van der Waals surface area contributed by atoms with E-state index in [4.69, 9.17) is 9.40 Å². The first kappa shape index (κ1) is 16.0. The van der Waals surface area contributed by atoms with E-state index in [0.717, 1.165) is 34.7 Å². The monoisotopic (exact) mass is 351 g/mol. The van der Waals surface area contributed by atoms with Crippen LogP contribution in [0.25, 0.3) is 11.6 Å². The van der Waals surface area contributed by atoms with E-state index in [1.807, 2.05) is 19.1 Å². The van der Waals surface area contributed by atoms with E-state index in [0.29, 0.717) is 11.6 Å². The molecule has 0 aliphatic rings. The number of rotatable bonds is 4. The Morgan fingerprint density at radius 2 is 1.95 bits per heavy atom. The first-order valence-electron chi connectivity index (χ1n) is 7.21. The first-order chi connectivity index (χ1) is 9.82. The Balaban J connectivity index is 2.55. The van der Waals surface area contributed by atoms with Gasteiger partial charge in [-0.25, -0.2) is 9.97 Å². The minimum atomic E-state index is -0.0825. The van der Waals surface area contributed by atoms with Gasteiger partial charge in [0.2, 0.25) is 0 Å². The van der Waals surface area contributed by atoms with Crippen LogP contribution in [0.5, 0.6) is 0 Å². The third kappa shape index (κ3) is 3.64. The van der Waals surface area contributed by atoms with Gasteiger partial charge in [-0.1, -0.05) is 27.7 Å². The summed E-state index contributed by atoms with van der Waals surface area (Å²) >= 11 is 3.64. The Labute approximate surface area is 134 Å². The summed E-state index contributed by atoms with van der Waals surface area (Å²) in [6.45, 7) is 11.3. The predicted octanol–water partition coefficient (Wildman–Crippen LogP) is 4.93. The van der Waals surface area contributed by atoms with Crippen molar-refractivity contribution >= 4 is 21.7 Å². The number of aromatic nitrogens is 2. The second kappa shape index (κ2) is 6.18. The van der Waals surface area contributed by atoms with Crippen LogP contribution in [-0.4, -0.2) is 16.5 Å². The van der Waals surface area contributed by atoms with Crippen molar-refractivity contribution < 1.29 is 4.42 Å². The lowest BCUT2D eigenvalue weighted by molar-refractivity contribution is 0.537. The molecule has 2 aromatic rings. The van der Waals surface area contributed by atoms with E-state index < -0.39 is 0 Å². The summed E-state index contributed by atoms with van der Waals surface area (Å²) in [4.78, 5) is 9.31. The van der Waals surface area contributed by atoms with Crippen molar-refractivity contribution in [1.82, 2.24) is 9.97 Å². The molecule has 2 rings (SSSR count). The molecule has 2 aromatic heterocycles. The lowest BCUT2D eigenvalue weighted by Crippen LogP contribution is -2.17. The molecule has 0 amide bonds. The van der Waals surface area contributed by atoms with Gasteiger partial charge in [0.25, 0.3) is 0 Å². The van der Waals surface area contributed by atoms with Crippen LogP contribution >= 0.6 is 15.9 Å². The summed E-state index contributed by atoms with van der Waals surface area (Å²) in [7, 11) is 0. The van der Waals surface area contributed by atoms with E-state index in [1.54, 1.807) is 0 Å². The van der Waals surface area contributed by atoms with Crippen molar-refractivity contribution in [3.63, 3.8) is 0 Å². The van der Waals surface area contributed by atoms with Crippen LogP contribution in [0, 0.1) is 6.92 Å². The third-order valence-corrected chi connectivity index (χ3v) is 3.82. The zero-order valence-corrected chi connectivity index (χ0v) is 14.8. The van der Waals surface area contributed by atoms with Crippen molar-refractivity contribution in [3.8, 4) is 11.6 Å². The molecule has 0 saturated carbocycles. The number of anilines is 1. The van der Waals surface area contributed by atoms with Crippen LogP contribution in [0.3, 0.4) is 0 Å². The lowest BCUT2D eigenvalue weighted by Gasteiger charge is -2.21. The summed E-state index contributed by atoms with van der Waals surface area (Å²) in [6, 6.07) is 3.84.